The molecule has 0 saturated heterocycles. The third-order valence-electron chi connectivity index (χ3n) is 5.29. The van der Waals surface area contributed by atoms with E-state index in [4.69, 9.17) is 11.5 Å². The zero-order valence-electron chi connectivity index (χ0n) is 15.0. The maximum atomic E-state index is 13.1. The Hall–Kier alpha value is -2.76. The number of carbonyl (C=O) groups excluding carboxylic acids is 2. The third kappa shape index (κ3) is 2.57. The molecular formula is C20H24N2O4. The number of unbranched alkanes of at least 4 members (excludes halogenated alkanes) is 2. The van der Waals surface area contributed by atoms with Gasteiger partial charge in [0.25, 0.3) is 0 Å². The number of anilines is 1. The summed E-state index contributed by atoms with van der Waals surface area (Å²) < 4.78 is 0. The van der Waals surface area contributed by atoms with Crippen molar-refractivity contribution in [3.05, 3.63) is 45.9 Å². The van der Waals surface area contributed by atoms with E-state index in [9.17, 15) is 19.8 Å². The number of aromatic hydroxyl groups is 1. The summed E-state index contributed by atoms with van der Waals surface area (Å²) in [7, 11) is 0. The van der Waals surface area contributed by atoms with E-state index >= 15 is 0 Å². The van der Waals surface area contributed by atoms with E-state index in [0.717, 1.165) is 19.3 Å². The summed E-state index contributed by atoms with van der Waals surface area (Å²) in [6, 6.07) is 1.47. The predicted octanol–water partition coefficient (Wildman–Crippen LogP) is 3.14. The average molecular weight is 356 g/mol. The molecule has 2 aliphatic carbocycles. The van der Waals surface area contributed by atoms with Gasteiger partial charge in [-0.05, 0) is 43.0 Å². The molecule has 0 aliphatic heterocycles. The number of carbonyl (C=O) groups is 2. The van der Waals surface area contributed by atoms with Gasteiger partial charge in [0.1, 0.15) is 11.5 Å². The van der Waals surface area contributed by atoms with Crippen molar-refractivity contribution in [1.82, 2.24) is 0 Å². The van der Waals surface area contributed by atoms with Crippen LogP contribution in [-0.2, 0) is 0 Å². The molecule has 1 aromatic carbocycles. The van der Waals surface area contributed by atoms with Crippen molar-refractivity contribution in [2.75, 3.05) is 5.73 Å². The van der Waals surface area contributed by atoms with Gasteiger partial charge in [-0.25, -0.2) is 0 Å². The number of nitrogens with two attached hydrogens (primary N) is 2. The van der Waals surface area contributed by atoms with E-state index in [1.165, 1.54) is 6.07 Å². The van der Waals surface area contributed by atoms with Crippen molar-refractivity contribution < 1.29 is 19.8 Å². The molecule has 3 rings (SSSR count). The number of allylic oxidation sites excluding steroid dienone is 4. The van der Waals surface area contributed by atoms with Crippen LogP contribution in [0.25, 0.3) is 0 Å². The summed E-state index contributed by atoms with van der Waals surface area (Å²) in [6.07, 6.45) is 5.06. The van der Waals surface area contributed by atoms with Crippen LogP contribution in [0.4, 0.5) is 5.69 Å². The molecule has 6 nitrogen and oxygen atoms in total. The number of hydrogen-bond donors (Lipinski definition) is 4. The Morgan fingerprint density at radius 1 is 1.04 bits per heavy atom. The van der Waals surface area contributed by atoms with Gasteiger partial charge < -0.3 is 21.7 Å². The molecule has 0 saturated carbocycles. The van der Waals surface area contributed by atoms with E-state index in [-0.39, 0.29) is 34.0 Å². The fourth-order valence-electron chi connectivity index (χ4n) is 3.91. The number of ketones is 2. The molecule has 0 fully saturated rings. The number of benzene rings is 1. The van der Waals surface area contributed by atoms with Gasteiger partial charge in [0.2, 0.25) is 0 Å². The fourth-order valence-corrected chi connectivity index (χ4v) is 3.91. The summed E-state index contributed by atoms with van der Waals surface area (Å²) >= 11 is 0. The highest BCUT2D eigenvalue weighted by atomic mass is 16.3. The summed E-state index contributed by atoms with van der Waals surface area (Å²) in [5.41, 5.74) is 13.3. The van der Waals surface area contributed by atoms with Crippen molar-refractivity contribution in [2.24, 2.45) is 17.6 Å². The van der Waals surface area contributed by atoms with Crippen LogP contribution in [-0.4, -0.2) is 21.8 Å². The minimum atomic E-state index is -1.09. The topological polar surface area (TPSA) is 127 Å². The van der Waals surface area contributed by atoms with E-state index in [1.807, 2.05) is 0 Å². The van der Waals surface area contributed by atoms with Crippen LogP contribution in [0.15, 0.2) is 29.2 Å². The molecule has 2 aliphatic rings. The minimum absolute atomic E-state index is 0.00191. The molecule has 0 amide bonds. The van der Waals surface area contributed by atoms with Crippen molar-refractivity contribution in [1.29, 1.82) is 0 Å². The maximum absolute atomic E-state index is 13.1. The van der Waals surface area contributed by atoms with Gasteiger partial charge in [-0.1, -0.05) is 19.8 Å². The lowest BCUT2D eigenvalue weighted by Crippen LogP contribution is -2.43. The molecule has 6 N–H and O–H groups in total. The first-order valence-corrected chi connectivity index (χ1v) is 8.89. The van der Waals surface area contributed by atoms with E-state index < -0.39 is 23.4 Å². The number of phenolic OH excluding ortho intramolecular Hbond substituents is 1. The maximum Gasteiger partial charge on any atom is 0.179 e. The normalized spacial score (nSPS) is 22.2. The van der Waals surface area contributed by atoms with Crippen molar-refractivity contribution in [3.63, 3.8) is 0 Å². The number of Topliss-reactive ketones (excluding diaryl/α,β-unsaturated/α-hetero) is 2. The van der Waals surface area contributed by atoms with Gasteiger partial charge in [0, 0.05) is 11.4 Å². The lowest BCUT2D eigenvalue weighted by Gasteiger charge is -2.35. The lowest BCUT2D eigenvalue weighted by atomic mass is 9.67. The number of phenols is 1. The predicted molar refractivity (Wildman–Crippen MR) is 99.0 cm³/mol. The number of aliphatic hydroxyl groups is 1. The number of nitrogen functional groups attached to an aromatic ring is 1. The van der Waals surface area contributed by atoms with Crippen molar-refractivity contribution in [3.8, 4) is 5.75 Å². The Labute approximate surface area is 152 Å². The first-order valence-electron chi connectivity index (χ1n) is 8.89. The molecule has 0 radical (unpaired) electrons. The lowest BCUT2D eigenvalue weighted by molar-refractivity contribution is 0.0743. The molecule has 6 heteroatoms. The summed E-state index contributed by atoms with van der Waals surface area (Å²) in [5, 5.41) is 21.1. The summed E-state index contributed by atoms with van der Waals surface area (Å²) in [4.78, 5) is 26.1. The summed E-state index contributed by atoms with van der Waals surface area (Å²) in [5.74, 6) is -3.41. The van der Waals surface area contributed by atoms with Crippen LogP contribution in [0.1, 0.15) is 58.9 Å². The number of rotatable bonds is 4. The smallest absolute Gasteiger partial charge is 0.179 e. The fraction of sp³-hybridized carbons (Fsp3) is 0.400. The van der Waals surface area contributed by atoms with E-state index in [0.29, 0.717) is 17.6 Å². The quantitative estimate of drug-likeness (QED) is 0.373. The zero-order valence-corrected chi connectivity index (χ0v) is 15.0. The largest absolute Gasteiger partial charge is 0.511 e. The van der Waals surface area contributed by atoms with Gasteiger partial charge in [0.15, 0.2) is 11.6 Å². The molecule has 0 heterocycles. The van der Waals surface area contributed by atoms with Gasteiger partial charge in [0.05, 0.1) is 23.0 Å². The van der Waals surface area contributed by atoms with E-state index in [1.54, 1.807) is 13.0 Å². The SMILES string of the molecule is CCCCCC1=C(O)C2C(=O)c3c(O)c(C)cc(N)c3C(=O)C2C(N)=C1. The Morgan fingerprint density at radius 3 is 2.35 bits per heavy atom. The first-order chi connectivity index (χ1) is 12.3. The monoisotopic (exact) mass is 356 g/mol. The minimum Gasteiger partial charge on any atom is -0.511 e. The van der Waals surface area contributed by atoms with Crippen molar-refractivity contribution in [2.45, 2.75) is 39.5 Å². The van der Waals surface area contributed by atoms with Gasteiger partial charge in [-0.15, -0.1) is 0 Å². The standard InChI is InChI=1S/C20H24N2O4/c1-3-4-5-6-10-8-12(22)14-16(18(10)24)20(26)15-13(19(14)25)11(21)7-9(2)17(15)23/h7-8,14,16,23-24H,3-6,21-22H2,1-2H3. The van der Waals surface area contributed by atoms with Gasteiger partial charge >= 0.3 is 0 Å². The summed E-state index contributed by atoms with van der Waals surface area (Å²) in [6.45, 7) is 3.68. The molecule has 0 spiro atoms. The number of aryl methyl sites for hydroxylation is 1. The number of hydrogen-bond acceptors (Lipinski definition) is 6. The van der Waals surface area contributed by atoms with E-state index in [2.05, 4.69) is 6.92 Å². The Bertz CT molecular complexity index is 867. The van der Waals surface area contributed by atoms with Crippen LogP contribution in [0.2, 0.25) is 0 Å². The average Bonchev–Trinajstić information content (AvgIpc) is 2.58. The van der Waals surface area contributed by atoms with Gasteiger partial charge in [-0.2, -0.15) is 0 Å². The Balaban J connectivity index is 2.14. The van der Waals surface area contributed by atoms with Crippen molar-refractivity contribution >= 4 is 17.3 Å². The molecule has 0 aromatic heterocycles. The highest BCUT2D eigenvalue weighted by Crippen LogP contribution is 2.46. The second-order valence-corrected chi connectivity index (χ2v) is 7.08. The molecule has 1 aromatic rings. The number of aliphatic hydroxyl groups excluding tert-OH is 1. The first kappa shape index (κ1) is 18.0. The molecule has 0 bridgehead atoms. The van der Waals surface area contributed by atoms with Crippen LogP contribution in [0.3, 0.4) is 0 Å². The molecule has 138 valence electrons. The van der Waals surface area contributed by atoms with Crippen LogP contribution >= 0.6 is 0 Å². The molecule has 2 unspecified atom stereocenters. The highest BCUT2D eigenvalue weighted by Gasteiger charge is 2.49. The molecular weight excluding hydrogens is 332 g/mol. The number of fused-ring (bicyclic) bond motifs is 2. The highest BCUT2D eigenvalue weighted by molar-refractivity contribution is 6.21. The second kappa shape index (κ2) is 6.52. The van der Waals surface area contributed by atoms with Crippen LogP contribution < -0.4 is 11.5 Å². The second-order valence-electron chi connectivity index (χ2n) is 7.08. The molecule has 26 heavy (non-hydrogen) atoms. The van der Waals surface area contributed by atoms with Crippen LogP contribution in [0.5, 0.6) is 5.75 Å². The van der Waals surface area contributed by atoms with Crippen LogP contribution in [0, 0.1) is 18.8 Å². The van der Waals surface area contributed by atoms with Gasteiger partial charge in [-0.3, -0.25) is 9.59 Å². The molecule has 2 atom stereocenters. The third-order valence-corrected chi connectivity index (χ3v) is 5.29. The zero-order chi connectivity index (χ0) is 19.2. The Kier molecular flexibility index (Phi) is 4.52. The Morgan fingerprint density at radius 2 is 1.69 bits per heavy atom.